The first-order valence-electron chi connectivity index (χ1n) is 9.17. The first kappa shape index (κ1) is 23.5. The lowest BCUT2D eigenvalue weighted by Gasteiger charge is -2.29. The molecule has 2 aromatic rings. The Bertz CT molecular complexity index is 868. The maximum atomic E-state index is 13.5. The van der Waals surface area contributed by atoms with E-state index >= 15 is 0 Å². The molecule has 3 rings (SSSR count). The van der Waals surface area contributed by atoms with E-state index < -0.39 is 24.0 Å². The largest absolute Gasteiger partial charge is 0.424 e. The first-order chi connectivity index (χ1) is 13.2. The Morgan fingerprint density at radius 2 is 2.03 bits per heavy atom. The fraction of sp³-hybridized carbons (Fsp3) is 0.474. The highest BCUT2D eigenvalue weighted by Gasteiger charge is 2.57. The minimum Gasteiger partial charge on any atom is -0.374 e. The van der Waals surface area contributed by atoms with Crippen LogP contribution in [-0.2, 0) is 25.5 Å². The topological polar surface area (TPSA) is 88.5 Å². The zero-order valence-electron chi connectivity index (χ0n) is 16.0. The number of anilines is 1. The molecule has 160 valence electrons. The van der Waals surface area contributed by atoms with Gasteiger partial charge in [-0.2, -0.15) is 13.2 Å². The molecule has 1 aromatic heterocycles. The van der Waals surface area contributed by atoms with Crippen LogP contribution in [0.4, 0.5) is 18.9 Å². The van der Waals surface area contributed by atoms with Crippen molar-refractivity contribution in [1.82, 2.24) is 9.55 Å². The average molecular weight is 523 g/mol. The standard InChI is InChI=1S/C19H24F3N5O.HI/c1-27-12-11-24-16(27)18(28,19(20,21)22)9-10-25-17(23)26-15-8-4-6-13-5-2-3-7-14(13)15;/h4,6,8,11-12,28H,2-3,5,7,9-10H2,1H3,(H3,23,25,26);1H. The van der Waals surface area contributed by atoms with Crippen molar-refractivity contribution in [2.75, 3.05) is 11.9 Å². The van der Waals surface area contributed by atoms with Gasteiger partial charge in [0.2, 0.25) is 5.60 Å². The fourth-order valence-electron chi connectivity index (χ4n) is 3.56. The molecular weight excluding hydrogens is 498 g/mol. The molecule has 1 atom stereocenters. The van der Waals surface area contributed by atoms with Crippen molar-refractivity contribution in [2.45, 2.75) is 43.9 Å². The number of nitrogens with two attached hydrogens (primary N) is 1. The Balaban J connectivity index is 0.00000300. The Labute approximate surface area is 184 Å². The summed E-state index contributed by atoms with van der Waals surface area (Å²) in [5, 5.41) is 13.3. The number of imidazole rings is 1. The van der Waals surface area contributed by atoms with Gasteiger partial charge in [0.15, 0.2) is 5.96 Å². The molecule has 1 aromatic carbocycles. The van der Waals surface area contributed by atoms with Gasteiger partial charge in [0.25, 0.3) is 0 Å². The van der Waals surface area contributed by atoms with Crippen LogP contribution < -0.4 is 11.1 Å². The number of fused-ring (bicyclic) bond motifs is 1. The molecule has 10 heteroatoms. The summed E-state index contributed by atoms with van der Waals surface area (Å²) in [7, 11) is 1.40. The molecule has 4 N–H and O–H groups in total. The van der Waals surface area contributed by atoms with E-state index in [0.717, 1.165) is 35.9 Å². The Kier molecular flexibility index (Phi) is 7.55. The van der Waals surface area contributed by atoms with Crippen molar-refractivity contribution in [2.24, 2.45) is 17.8 Å². The van der Waals surface area contributed by atoms with Crippen LogP contribution in [0.15, 0.2) is 35.6 Å². The van der Waals surface area contributed by atoms with Crippen molar-refractivity contribution >= 4 is 35.6 Å². The van der Waals surface area contributed by atoms with Crippen molar-refractivity contribution in [3.05, 3.63) is 47.5 Å². The highest BCUT2D eigenvalue weighted by molar-refractivity contribution is 14.0. The molecule has 1 aliphatic rings. The fourth-order valence-corrected chi connectivity index (χ4v) is 3.56. The number of alkyl halides is 3. The number of nitrogens with one attached hydrogen (secondary N) is 1. The van der Waals surface area contributed by atoms with Gasteiger partial charge in [0.1, 0.15) is 5.82 Å². The molecule has 1 aliphatic carbocycles. The molecular formula is C19H25F3IN5O. The van der Waals surface area contributed by atoms with Gasteiger partial charge >= 0.3 is 6.18 Å². The molecule has 1 unspecified atom stereocenters. The predicted octanol–water partition coefficient (Wildman–Crippen LogP) is 3.48. The molecule has 0 saturated carbocycles. The lowest BCUT2D eigenvalue weighted by Crippen LogP contribution is -2.45. The number of hydrogen-bond acceptors (Lipinski definition) is 3. The van der Waals surface area contributed by atoms with E-state index in [1.54, 1.807) is 0 Å². The number of aryl methyl sites for hydroxylation is 2. The third-order valence-electron chi connectivity index (χ3n) is 5.07. The van der Waals surface area contributed by atoms with E-state index in [2.05, 4.69) is 21.4 Å². The van der Waals surface area contributed by atoms with E-state index in [-0.39, 0.29) is 36.5 Å². The minimum atomic E-state index is -4.89. The monoisotopic (exact) mass is 523 g/mol. The number of rotatable bonds is 5. The Morgan fingerprint density at radius 1 is 1.31 bits per heavy atom. The van der Waals surface area contributed by atoms with Crippen LogP contribution in [0.5, 0.6) is 0 Å². The van der Waals surface area contributed by atoms with Crippen LogP contribution in [0.1, 0.15) is 36.2 Å². The summed E-state index contributed by atoms with van der Waals surface area (Å²) < 4.78 is 41.7. The highest BCUT2D eigenvalue weighted by atomic mass is 127. The van der Waals surface area contributed by atoms with Gasteiger partial charge in [-0.1, -0.05) is 12.1 Å². The third kappa shape index (κ3) is 5.03. The van der Waals surface area contributed by atoms with Crippen LogP contribution in [0.3, 0.4) is 0 Å². The van der Waals surface area contributed by atoms with Crippen LogP contribution >= 0.6 is 24.0 Å². The first-order valence-corrected chi connectivity index (χ1v) is 9.17. The number of halogens is 4. The Morgan fingerprint density at radius 3 is 2.69 bits per heavy atom. The summed E-state index contributed by atoms with van der Waals surface area (Å²) in [6, 6.07) is 5.87. The van der Waals surface area contributed by atoms with E-state index in [4.69, 9.17) is 5.73 Å². The van der Waals surface area contributed by atoms with Crippen LogP contribution in [0.2, 0.25) is 0 Å². The van der Waals surface area contributed by atoms with E-state index in [1.807, 2.05) is 12.1 Å². The van der Waals surface area contributed by atoms with E-state index in [0.29, 0.717) is 0 Å². The van der Waals surface area contributed by atoms with Gasteiger partial charge in [-0.15, -0.1) is 24.0 Å². The lowest BCUT2D eigenvalue weighted by molar-refractivity contribution is -0.272. The van der Waals surface area contributed by atoms with Crippen molar-refractivity contribution < 1.29 is 18.3 Å². The molecule has 0 radical (unpaired) electrons. The highest BCUT2D eigenvalue weighted by Crippen LogP contribution is 2.40. The van der Waals surface area contributed by atoms with Gasteiger partial charge in [-0.05, 0) is 42.9 Å². The molecule has 0 saturated heterocycles. The van der Waals surface area contributed by atoms with Gasteiger partial charge in [-0.25, -0.2) is 4.98 Å². The zero-order valence-corrected chi connectivity index (χ0v) is 18.4. The summed E-state index contributed by atoms with van der Waals surface area (Å²) in [5.74, 6) is -0.456. The average Bonchev–Trinajstić information content (AvgIpc) is 3.07. The van der Waals surface area contributed by atoms with Crippen LogP contribution in [0.25, 0.3) is 0 Å². The number of aliphatic hydroxyl groups is 1. The van der Waals surface area contributed by atoms with Gasteiger partial charge in [0.05, 0.1) is 0 Å². The number of guanidine groups is 1. The molecule has 0 spiro atoms. The smallest absolute Gasteiger partial charge is 0.374 e. The summed E-state index contributed by atoms with van der Waals surface area (Å²) in [6.07, 6.45) is 1.16. The van der Waals surface area contributed by atoms with Gasteiger partial charge < -0.3 is 20.7 Å². The van der Waals surface area contributed by atoms with E-state index in [9.17, 15) is 18.3 Å². The molecule has 6 nitrogen and oxygen atoms in total. The molecule has 29 heavy (non-hydrogen) atoms. The number of hydrogen-bond donors (Lipinski definition) is 3. The molecule has 0 aliphatic heterocycles. The molecule has 0 bridgehead atoms. The SMILES string of the molecule is Cn1ccnc1C(O)(CCN=C(N)Nc1cccc2c1CCCC2)C(F)(F)F.I. The second-order valence-corrected chi connectivity index (χ2v) is 7.01. The second-order valence-electron chi connectivity index (χ2n) is 7.01. The van der Waals surface area contributed by atoms with Crippen LogP contribution in [0, 0.1) is 0 Å². The number of aliphatic imine (C=N–C) groups is 1. The van der Waals surface area contributed by atoms with E-state index in [1.165, 1.54) is 30.6 Å². The lowest BCUT2D eigenvalue weighted by atomic mass is 9.90. The van der Waals surface area contributed by atoms with Gasteiger partial charge in [-0.3, -0.25) is 4.99 Å². The number of aromatic nitrogens is 2. The summed E-state index contributed by atoms with van der Waals surface area (Å²) in [4.78, 5) is 7.66. The van der Waals surface area contributed by atoms with Gasteiger partial charge in [0, 0.05) is 38.1 Å². The summed E-state index contributed by atoms with van der Waals surface area (Å²) >= 11 is 0. The predicted molar refractivity (Wildman–Crippen MR) is 116 cm³/mol. The number of benzene rings is 1. The molecule has 0 amide bonds. The van der Waals surface area contributed by atoms with Crippen LogP contribution in [-0.4, -0.2) is 33.3 Å². The zero-order chi connectivity index (χ0) is 20.4. The quantitative estimate of drug-likeness (QED) is 0.318. The second kappa shape index (κ2) is 9.33. The Hall–Kier alpha value is -1.82. The maximum Gasteiger partial charge on any atom is 0.424 e. The number of nitrogens with zero attached hydrogens (tertiary/aromatic N) is 3. The summed E-state index contributed by atoms with van der Waals surface area (Å²) in [5.41, 5.74) is 6.04. The van der Waals surface area contributed by atoms with Crippen molar-refractivity contribution in [1.29, 1.82) is 0 Å². The third-order valence-corrected chi connectivity index (χ3v) is 5.07. The molecule has 1 heterocycles. The minimum absolute atomic E-state index is 0. The van der Waals surface area contributed by atoms with Crippen molar-refractivity contribution in [3.63, 3.8) is 0 Å². The summed E-state index contributed by atoms with van der Waals surface area (Å²) in [6.45, 7) is -0.309. The normalized spacial score (nSPS) is 16.5. The van der Waals surface area contributed by atoms with Crippen molar-refractivity contribution in [3.8, 4) is 0 Å². The molecule has 0 fully saturated rings. The maximum absolute atomic E-state index is 13.5.